The molecule has 1 aliphatic heterocycles. The molecule has 0 radical (unpaired) electrons. The molecule has 3 rings (SSSR count). The van der Waals surface area contributed by atoms with E-state index in [4.69, 9.17) is 39.6 Å². The van der Waals surface area contributed by atoms with Crippen LogP contribution in [0.15, 0.2) is 41.6 Å². The van der Waals surface area contributed by atoms with Crippen LogP contribution in [0.3, 0.4) is 0 Å². The number of nitrogens with one attached hydrogen (secondary N) is 1. The molecule has 1 aliphatic rings. The minimum Gasteiger partial charge on any atom is -0.374 e. The van der Waals surface area contributed by atoms with Crippen molar-refractivity contribution in [2.75, 3.05) is 9.93 Å². The summed E-state index contributed by atoms with van der Waals surface area (Å²) in [5.41, 5.74) is -1.90. The Morgan fingerprint density at radius 3 is 2.33 bits per heavy atom. The summed E-state index contributed by atoms with van der Waals surface area (Å²) in [4.78, 5) is 4.95. The van der Waals surface area contributed by atoms with Gasteiger partial charge in [0.15, 0.2) is 0 Å². The topological polar surface area (TPSA) is 67.8 Å². The number of oxime groups is 1. The number of anilines is 1. The van der Waals surface area contributed by atoms with Crippen molar-refractivity contribution in [1.82, 2.24) is 0 Å². The SMILES string of the molecule is Cc1cc(C2=NOC(c3cc(Cl)cc(Cl)c3)(C(F)(F)F)C2)ccc1NS(=O)(=O)CCl. The molecule has 0 saturated carbocycles. The normalized spacial score (nSPS) is 19.4. The highest BCUT2D eigenvalue weighted by atomic mass is 35.5. The number of aryl methyl sites for hydroxylation is 1. The molecule has 1 N–H and O–H groups in total. The van der Waals surface area contributed by atoms with Gasteiger partial charge in [-0.25, -0.2) is 8.42 Å². The summed E-state index contributed by atoms with van der Waals surface area (Å²) in [5.74, 6) is 0. The Bertz CT molecular complexity index is 1100. The van der Waals surface area contributed by atoms with Crippen molar-refractivity contribution in [3.8, 4) is 0 Å². The molecule has 1 unspecified atom stereocenters. The number of sulfonamides is 1. The first-order chi connectivity index (χ1) is 13.9. The minimum atomic E-state index is -4.81. The van der Waals surface area contributed by atoms with Crippen molar-refractivity contribution in [3.63, 3.8) is 0 Å². The number of benzene rings is 2. The predicted molar refractivity (Wildman–Crippen MR) is 111 cm³/mol. The van der Waals surface area contributed by atoms with Crippen LogP contribution in [0.5, 0.6) is 0 Å². The van der Waals surface area contributed by atoms with Gasteiger partial charge >= 0.3 is 6.18 Å². The zero-order valence-corrected chi connectivity index (χ0v) is 18.3. The molecule has 2 aromatic rings. The zero-order chi connectivity index (χ0) is 22.3. The van der Waals surface area contributed by atoms with Crippen molar-refractivity contribution >= 4 is 56.2 Å². The first kappa shape index (κ1) is 23.0. The number of rotatable bonds is 5. The van der Waals surface area contributed by atoms with Gasteiger partial charge in [0, 0.05) is 22.0 Å². The molecule has 0 bridgehead atoms. The fraction of sp³-hybridized carbons (Fsp3) is 0.278. The van der Waals surface area contributed by atoms with E-state index in [9.17, 15) is 21.6 Å². The van der Waals surface area contributed by atoms with Crippen LogP contribution in [0.4, 0.5) is 18.9 Å². The largest absolute Gasteiger partial charge is 0.435 e. The molecule has 1 atom stereocenters. The molecule has 0 aromatic heterocycles. The fourth-order valence-electron chi connectivity index (χ4n) is 3.00. The van der Waals surface area contributed by atoms with Gasteiger partial charge in [0.25, 0.3) is 5.60 Å². The Balaban J connectivity index is 1.96. The molecule has 2 aromatic carbocycles. The van der Waals surface area contributed by atoms with Gasteiger partial charge in [-0.2, -0.15) is 13.2 Å². The summed E-state index contributed by atoms with van der Waals surface area (Å²) in [6.45, 7) is 1.60. The monoisotopic (exact) mass is 500 g/mol. The summed E-state index contributed by atoms with van der Waals surface area (Å²) in [6.07, 6.45) is -5.42. The predicted octanol–water partition coefficient (Wildman–Crippen LogP) is 5.82. The number of hydrogen-bond donors (Lipinski definition) is 1. The number of hydrogen-bond acceptors (Lipinski definition) is 4. The Hall–Kier alpha value is -1.68. The third-order valence-electron chi connectivity index (χ3n) is 4.48. The molecule has 1 heterocycles. The van der Waals surface area contributed by atoms with E-state index < -0.39 is 33.4 Å². The van der Waals surface area contributed by atoms with Crippen LogP contribution in [0.2, 0.25) is 10.0 Å². The maximum atomic E-state index is 14.0. The lowest BCUT2D eigenvalue weighted by atomic mass is 9.86. The van der Waals surface area contributed by atoms with Gasteiger partial charge in [0.05, 0.1) is 11.4 Å². The molecule has 0 fully saturated rings. The van der Waals surface area contributed by atoms with E-state index in [1.807, 2.05) is 0 Å². The highest BCUT2D eigenvalue weighted by Gasteiger charge is 2.62. The van der Waals surface area contributed by atoms with Crippen molar-refractivity contribution in [3.05, 3.63) is 63.1 Å². The summed E-state index contributed by atoms with van der Waals surface area (Å²) in [6, 6.07) is 7.95. The smallest absolute Gasteiger partial charge is 0.374 e. The van der Waals surface area contributed by atoms with Crippen LogP contribution in [-0.4, -0.2) is 25.5 Å². The average Bonchev–Trinajstić information content (AvgIpc) is 3.09. The van der Waals surface area contributed by atoms with Crippen LogP contribution in [0.1, 0.15) is 23.1 Å². The second kappa shape index (κ2) is 8.11. The molecular weight excluding hydrogens is 488 g/mol. The highest BCUT2D eigenvalue weighted by Crippen LogP contribution is 2.49. The van der Waals surface area contributed by atoms with Gasteiger partial charge < -0.3 is 4.84 Å². The van der Waals surface area contributed by atoms with Crippen LogP contribution in [0, 0.1) is 6.92 Å². The van der Waals surface area contributed by atoms with E-state index in [2.05, 4.69) is 9.88 Å². The first-order valence-corrected chi connectivity index (χ1v) is 11.3. The maximum absolute atomic E-state index is 14.0. The molecule has 5 nitrogen and oxygen atoms in total. The Labute approximate surface area is 185 Å². The molecule has 0 amide bonds. The van der Waals surface area contributed by atoms with E-state index in [1.54, 1.807) is 6.92 Å². The minimum absolute atomic E-state index is 0.0324. The van der Waals surface area contributed by atoms with Gasteiger partial charge in [0.1, 0.15) is 5.21 Å². The molecule has 162 valence electrons. The van der Waals surface area contributed by atoms with Crippen molar-refractivity contribution < 1.29 is 26.4 Å². The van der Waals surface area contributed by atoms with E-state index in [1.165, 1.54) is 24.3 Å². The van der Waals surface area contributed by atoms with Gasteiger partial charge in [0.2, 0.25) is 10.0 Å². The van der Waals surface area contributed by atoms with Gasteiger partial charge in [-0.15, -0.1) is 11.6 Å². The number of nitrogens with zero attached hydrogens (tertiary/aromatic N) is 1. The lowest BCUT2D eigenvalue weighted by Gasteiger charge is -2.29. The Morgan fingerprint density at radius 1 is 1.17 bits per heavy atom. The standard InChI is InChI=1S/C18H14Cl3F3N2O3S/c1-10-4-11(2-3-15(10)26-30(27,28)9-19)16-8-17(29-25-16,18(22,23)24)12-5-13(20)7-14(21)6-12/h2-7,26H,8-9H2,1H3. The summed E-state index contributed by atoms with van der Waals surface area (Å²) < 4.78 is 67.7. The first-order valence-electron chi connectivity index (χ1n) is 8.33. The lowest BCUT2D eigenvalue weighted by Crippen LogP contribution is -2.42. The lowest BCUT2D eigenvalue weighted by molar-refractivity contribution is -0.275. The van der Waals surface area contributed by atoms with Crippen molar-refractivity contribution in [2.45, 2.75) is 25.1 Å². The summed E-state index contributed by atoms with van der Waals surface area (Å²) in [5, 5.41) is 3.10. The van der Waals surface area contributed by atoms with Gasteiger partial charge in [-0.05, 0) is 48.4 Å². The Kier molecular flexibility index (Phi) is 6.21. The molecule has 0 aliphatic carbocycles. The highest BCUT2D eigenvalue weighted by molar-refractivity contribution is 7.93. The van der Waals surface area contributed by atoms with Crippen LogP contribution < -0.4 is 4.72 Å². The van der Waals surface area contributed by atoms with Crippen molar-refractivity contribution in [2.24, 2.45) is 5.16 Å². The molecule has 0 spiro atoms. The fourth-order valence-corrected chi connectivity index (χ4v) is 4.31. The summed E-state index contributed by atoms with van der Waals surface area (Å²) >= 11 is 17.1. The quantitative estimate of drug-likeness (QED) is 0.525. The van der Waals surface area contributed by atoms with E-state index in [0.717, 1.165) is 12.1 Å². The maximum Gasteiger partial charge on any atom is 0.435 e. The third-order valence-corrected chi connectivity index (χ3v) is 6.60. The number of halogens is 6. The van der Waals surface area contributed by atoms with E-state index >= 15 is 0 Å². The molecule has 12 heteroatoms. The molecular formula is C18H14Cl3F3N2O3S. The van der Waals surface area contributed by atoms with Crippen LogP contribution in [0.25, 0.3) is 0 Å². The van der Waals surface area contributed by atoms with E-state index in [0.29, 0.717) is 11.1 Å². The Morgan fingerprint density at radius 2 is 1.80 bits per heavy atom. The van der Waals surface area contributed by atoms with Crippen LogP contribution >= 0.6 is 34.8 Å². The molecule has 30 heavy (non-hydrogen) atoms. The third kappa shape index (κ3) is 4.49. The van der Waals surface area contributed by atoms with Gasteiger partial charge in [-0.1, -0.05) is 34.4 Å². The molecule has 0 saturated heterocycles. The van der Waals surface area contributed by atoms with Gasteiger partial charge in [-0.3, -0.25) is 4.72 Å². The van der Waals surface area contributed by atoms with E-state index in [-0.39, 0.29) is 27.0 Å². The summed E-state index contributed by atoms with van der Waals surface area (Å²) in [7, 11) is -3.72. The van der Waals surface area contributed by atoms with Crippen molar-refractivity contribution in [1.29, 1.82) is 0 Å². The second-order valence-electron chi connectivity index (χ2n) is 6.64. The second-order valence-corrected chi connectivity index (χ2v) is 9.82. The zero-order valence-electron chi connectivity index (χ0n) is 15.2. The number of alkyl halides is 4. The average molecular weight is 502 g/mol. The van der Waals surface area contributed by atoms with Crippen LogP contribution in [-0.2, 0) is 20.5 Å².